The highest BCUT2D eigenvalue weighted by Gasteiger charge is 2.01. The van der Waals surface area contributed by atoms with E-state index in [9.17, 15) is 9.18 Å². The number of hydrogen-bond donors (Lipinski definition) is 2. The van der Waals surface area contributed by atoms with Gasteiger partial charge in [0.05, 0.1) is 0 Å². The first-order valence-electron chi connectivity index (χ1n) is 8.45. The molecule has 1 aromatic heterocycles. The molecule has 0 aliphatic heterocycles. The number of guanidine groups is 1. The molecule has 2 N–H and O–H groups in total. The lowest BCUT2D eigenvalue weighted by atomic mass is 10.2. The van der Waals surface area contributed by atoms with E-state index in [4.69, 9.17) is 0 Å². The molecule has 0 radical (unpaired) electrons. The second kappa shape index (κ2) is 11.7. The summed E-state index contributed by atoms with van der Waals surface area (Å²) in [5, 5.41) is 6.38. The number of pyridine rings is 1. The Kier molecular flexibility index (Phi) is 9.93. The topological polar surface area (TPSA) is 58.4 Å². The van der Waals surface area contributed by atoms with E-state index in [1.54, 1.807) is 29.8 Å². The number of unbranched alkanes of at least 4 members (excludes halogenated alkanes) is 1. The summed E-state index contributed by atoms with van der Waals surface area (Å²) in [5.74, 6) is 0.436. The molecule has 1 heterocycles. The van der Waals surface area contributed by atoms with Gasteiger partial charge >= 0.3 is 0 Å². The third kappa shape index (κ3) is 7.15. The Morgan fingerprint density at radius 1 is 1.15 bits per heavy atom. The normalized spacial score (nSPS) is 11.0. The van der Waals surface area contributed by atoms with Crippen molar-refractivity contribution in [2.75, 3.05) is 13.6 Å². The molecule has 0 fully saturated rings. The Hall–Kier alpha value is -1.90. The van der Waals surface area contributed by atoms with Gasteiger partial charge in [0, 0.05) is 38.4 Å². The second-order valence-corrected chi connectivity index (χ2v) is 5.85. The Balaban J connectivity index is 0.00000338. The summed E-state index contributed by atoms with van der Waals surface area (Å²) in [6.45, 7) is 3.92. The van der Waals surface area contributed by atoms with E-state index in [0.717, 1.165) is 30.6 Å². The molecule has 0 atom stereocenters. The number of halogens is 2. The quantitative estimate of drug-likeness (QED) is 0.282. The molecule has 2 aromatic rings. The van der Waals surface area contributed by atoms with Crippen LogP contribution in [0.1, 0.15) is 24.1 Å². The lowest BCUT2D eigenvalue weighted by molar-refractivity contribution is 0.574. The maximum absolute atomic E-state index is 13.2. The summed E-state index contributed by atoms with van der Waals surface area (Å²) in [5.41, 5.74) is 1.88. The van der Waals surface area contributed by atoms with Gasteiger partial charge in [-0.05, 0) is 43.5 Å². The van der Waals surface area contributed by atoms with Gasteiger partial charge in [0.25, 0.3) is 5.56 Å². The summed E-state index contributed by atoms with van der Waals surface area (Å²) < 4.78 is 14.9. The first kappa shape index (κ1) is 22.1. The molecule has 26 heavy (non-hydrogen) atoms. The molecule has 0 aliphatic rings. The Morgan fingerprint density at radius 3 is 2.62 bits per heavy atom. The fourth-order valence-corrected chi connectivity index (χ4v) is 2.57. The average molecular weight is 472 g/mol. The molecule has 0 bridgehead atoms. The van der Waals surface area contributed by atoms with Crippen molar-refractivity contribution in [3.05, 3.63) is 69.9 Å². The van der Waals surface area contributed by atoms with E-state index in [2.05, 4.69) is 15.6 Å². The Bertz CT molecular complexity index is 776. The smallest absolute Gasteiger partial charge is 0.250 e. The van der Waals surface area contributed by atoms with Crippen LogP contribution in [0.5, 0.6) is 0 Å². The van der Waals surface area contributed by atoms with Gasteiger partial charge in [0.1, 0.15) is 5.82 Å². The Morgan fingerprint density at radius 2 is 1.92 bits per heavy atom. The summed E-state index contributed by atoms with van der Waals surface area (Å²) in [6, 6.07) is 11.8. The van der Waals surface area contributed by atoms with Gasteiger partial charge in [-0.1, -0.05) is 18.2 Å². The van der Waals surface area contributed by atoms with Crippen LogP contribution in [-0.2, 0) is 13.1 Å². The first-order valence-corrected chi connectivity index (χ1v) is 8.45. The molecule has 0 unspecified atom stereocenters. The molecule has 1 aromatic carbocycles. The number of aromatic nitrogens is 1. The summed E-state index contributed by atoms with van der Waals surface area (Å²) in [7, 11) is 1.70. The van der Waals surface area contributed by atoms with E-state index < -0.39 is 0 Å². The number of nitrogens with zero attached hydrogens (tertiary/aromatic N) is 2. The maximum atomic E-state index is 13.2. The molecule has 142 valence electrons. The van der Waals surface area contributed by atoms with Crippen LogP contribution < -0.4 is 16.2 Å². The highest BCUT2D eigenvalue weighted by atomic mass is 127. The largest absolute Gasteiger partial charge is 0.356 e. The summed E-state index contributed by atoms with van der Waals surface area (Å²) in [4.78, 5) is 15.9. The fourth-order valence-electron chi connectivity index (χ4n) is 2.57. The van der Waals surface area contributed by atoms with Crippen molar-refractivity contribution >= 4 is 29.9 Å². The lowest BCUT2D eigenvalue weighted by Gasteiger charge is -2.13. The molecule has 5 nitrogen and oxygen atoms in total. The van der Waals surface area contributed by atoms with Crippen LogP contribution in [-0.4, -0.2) is 24.1 Å². The standard InChI is InChI=1S/C19H25FN4O.HI/c1-15-7-5-10-18(25)24(15)12-4-3-11-22-19(21-2)23-14-16-8-6-9-17(20)13-16;/h5-10,13H,3-4,11-12,14H2,1-2H3,(H2,21,22,23);1H. The predicted octanol–water partition coefficient (Wildman–Crippen LogP) is 3.06. The summed E-state index contributed by atoms with van der Waals surface area (Å²) in [6.07, 6.45) is 1.82. The van der Waals surface area contributed by atoms with E-state index in [-0.39, 0.29) is 35.4 Å². The van der Waals surface area contributed by atoms with Crippen molar-refractivity contribution < 1.29 is 4.39 Å². The van der Waals surface area contributed by atoms with E-state index >= 15 is 0 Å². The van der Waals surface area contributed by atoms with Gasteiger partial charge in [-0.15, -0.1) is 24.0 Å². The second-order valence-electron chi connectivity index (χ2n) is 5.85. The highest BCUT2D eigenvalue weighted by molar-refractivity contribution is 14.0. The number of rotatable bonds is 7. The van der Waals surface area contributed by atoms with Crippen molar-refractivity contribution in [1.82, 2.24) is 15.2 Å². The molecular formula is C19H26FIN4O. The van der Waals surface area contributed by atoms with Gasteiger partial charge in [0.15, 0.2) is 5.96 Å². The number of hydrogen-bond acceptors (Lipinski definition) is 2. The molecule has 0 aliphatic carbocycles. The predicted molar refractivity (Wildman–Crippen MR) is 115 cm³/mol. The Labute approximate surface area is 170 Å². The molecular weight excluding hydrogens is 446 g/mol. The molecule has 2 rings (SSSR count). The SMILES string of the molecule is CN=C(NCCCCn1c(C)cccc1=O)NCc1cccc(F)c1.I. The monoisotopic (exact) mass is 472 g/mol. The van der Waals surface area contributed by atoms with E-state index in [1.165, 1.54) is 12.1 Å². The average Bonchev–Trinajstić information content (AvgIpc) is 2.59. The number of aliphatic imine (C=N–C) groups is 1. The minimum absolute atomic E-state index is 0. The van der Waals surface area contributed by atoms with Crippen LogP contribution in [0, 0.1) is 12.7 Å². The van der Waals surface area contributed by atoms with Gasteiger partial charge < -0.3 is 15.2 Å². The van der Waals surface area contributed by atoms with Crippen molar-refractivity contribution in [3.8, 4) is 0 Å². The van der Waals surface area contributed by atoms with Gasteiger partial charge in [-0.25, -0.2) is 4.39 Å². The van der Waals surface area contributed by atoms with Crippen molar-refractivity contribution in [3.63, 3.8) is 0 Å². The van der Waals surface area contributed by atoms with E-state index in [1.807, 2.05) is 19.1 Å². The third-order valence-electron chi connectivity index (χ3n) is 3.94. The minimum Gasteiger partial charge on any atom is -0.356 e. The highest BCUT2D eigenvalue weighted by Crippen LogP contribution is 2.02. The molecule has 0 amide bonds. The zero-order chi connectivity index (χ0) is 18.1. The van der Waals surface area contributed by atoms with Crippen LogP contribution in [0.4, 0.5) is 4.39 Å². The molecule has 0 saturated carbocycles. The third-order valence-corrected chi connectivity index (χ3v) is 3.94. The van der Waals surface area contributed by atoms with Crippen LogP contribution in [0.3, 0.4) is 0 Å². The number of nitrogens with one attached hydrogen (secondary N) is 2. The number of aryl methyl sites for hydroxylation is 1. The maximum Gasteiger partial charge on any atom is 0.250 e. The van der Waals surface area contributed by atoms with Crippen molar-refractivity contribution in [2.24, 2.45) is 4.99 Å². The fraction of sp³-hybridized carbons (Fsp3) is 0.368. The van der Waals surface area contributed by atoms with Crippen LogP contribution >= 0.6 is 24.0 Å². The lowest BCUT2D eigenvalue weighted by Crippen LogP contribution is -2.37. The zero-order valence-corrected chi connectivity index (χ0v) is 17.5. The van der Waals surface area contributed by atoms with Crippen molar-refractivity contribution in [2.45, 2.75) is 32.9 Å². The van der Waals surface area contributed by atoms with Crippen LogP contribution in [0.2, 0.25) is 0 Å². The summed E-state index contributed by atoms with van der Waals surface area (Å²) >= 11 is 0. The zero-order valence-electron chi connectivity index (χ0n) is 15.2. The molecule has 0 saturated heterocycles. The van der Waals surface area contributed by atoms with Crippen LogP contribution in [0.25, 0.3) is 0 Å². The molecule has 0 spiro atoms. The minimum atomic E-state index is -0.242. The molecule has 7 heteroatoms. The van der Waals surface area contributed by atoms with Gasteiger partial charge in [0.2, 0.25) is 0 Å². The van der Waals surface area contributed by atoms with Gasteiger partial charge in [-0.3, -0.25) is 9.79 Å². The van der Waals surface area contributed by atoms with Crippen LogP contribution in [0.15, 0.2) is 52.3 Å². The van der Waals surface area contributed by atoms with Crippen molar-refractivity contribution in [1.29, 1.82) is 0 Å². The van der Waals surface area contributed by atoms with E-state index in [0.29, 0.717) is 19.0 Å². The number of benzene rings is 1. The van der Waals surface area contributed by atoms with Gasteiger partial charge in [-0.2, -0.15) is 0 Å². The first-order chi connectivity index (χ1) is 12.1.